The van der Waals surface area contributed by atoms with Crippen LogP contribution in [0.15, 0.2) is 35.4 Å². The molecular weight excluding hydrogens is 350 g/mol. The fourth-order valence-electron chi connectivity index (χ4n) is 2.32. The van der Waals surface area contributed by atoms with Gasteiger partial charge in [0.1, 0.15) is 22.7 Å². The molecule has 0 unspecified atom stereocenters. The predicted molar refractivity (Wildman–Crippen MR) is 97.6 cm³/mol. The molecule has 0 bridgehead atoms. The summed E-state index contributed by atoms with van der Waals surface area (Å²) < 4.78 is 10.4. The standard InChI is InChI=1S/C19H17N3O3S/c1-3-24-16(23)12-26-19-15(11-21)17(13-8-6-5-7-9-13)14(10-20)18(22-19)25-4-2/h5-9H,3-4,12H2,1-2H3. The number of carbonyl (C=O) groups is 1. The van der Waals surface area contributed by atoms with Crippen LogP contribution in [0.1, 0.15) is 25.0 Å². The molecule has 0 fully saturated rings. The monoisotopic (exact) mass is 367 g/mol. The van der Waals surface area contributed by atoms with Crippen LogP contribution in [0.25, 0.3) is 11.1 Å². The van der Waals surface area contributed by atoms with E-state index in [2.05, 4.69) is 17.1 Å². The number of aromatic nitrogens is 1. The Morgan fingerprint density at radius 2 is 1.81 bits per heavy atom. The first kappa shape index (κ1) is 19.3. The Morgan fingerprint density at radius 3 is 2.38 bits per heavy atom. The smallest absolute Gasteiger partial charge is 0.316 e. The van der Waals surface area contributed by atoms with Gasteiger partial charge >= 0.3 is 5.97 Å². The van der Waals surface area contributed by atoms with E-state index in [0.717, 1.165) is 11.8 Å². The fourth-order valence-corrected chi connectivity index (χ4v) is 3.10. The molecule has 0 N–H and O–H groups in total. The Hall–Kier alpha value is -3.03. The van der Waals surface area contributed by atoms with E-state index in [1.807, 2.05) is 30.3 Å². The second kappa shape index (κ2) is 9.45. The van der Waals surface area contributed by atoms with Crippen LogP contribution in [0.4, 0.5) is 0 Å². The van der Waals surface area contributed by atoms with Crippen LogP contribution >= 0.6 is 11.8 Å². The Kier molecular flexibility index (Phi) is 7.02. The van der Waals surface area contributed by atoms with E-state index in [4.69, 9.17) is 9.47 Å². The van der Waals surface area contributed by atoms with Gasteiger partial charge in [-0.25, -0.2) is 4.98 Å². The number of pyridine rings is 1. The van der Waals surface area contributed by atoms with Gasteiger partial charge < -0.3 is 9.47 Å². The van der Waals surface area contributed by atoms with Gasteiger partial charge in [-0.15, -0.1) is 0 Å². The number of carbonyl (C=O) groups excluding carboxylic acids is 1. The zero-order valence-electron chi connectivity index (χ0n) is 14.5. The van der Waals surface area contributed by atoms with Crippen molar-refractivity contribution in [2.45, 2.75) is 18.9 Å². The maximum atomic E-state index is 11.7. The van der Waals surface area contributed by atoms with Crippen molar-refractivity contribution < 1.29 is 14.3 Å². The van der Waals surface area contributed by atoms with Crippen LogP contribution < -0.4 is 4.74 Å². The number of thioether (sulfide) groups is 1. The lowest BCUT2D eigenvalue weighted by Gasteiger charge is -2.14. The molecule has 0 radical (unpaired) electrons. The molecular formula is C19H17N3O3S. The largest absolute Gasteiger partial charge is 0.477 e. The third-order valence-electron chi connectivity index (χ3n) is 3.33. The summed E-state index contributed by atoms with van der Waals surface area (Å²) >= 11 is 1.09. The number of benzene rings is 1. The molecule has 1 aromatic heterocycles. The molecule has 6 nitrogen and oxygen atoms in total. The molecule has 0 spiro atoms. The van der Waals surface area contributed by atoms with Crippen molar-refractivity contribution >= 4 is 17.7 Å². The zero-order chi connectivity index (χ0) is 18.9. The van der Waals surface area contributed by atoms with E-state index in [1.54, 1.807) is 13.8 Å². The number of esters is 1. The van der Waals surface area contributed by atoms with E-state index in [0.29, 0.717) is 22.8 Å². The second-order valence-electron chi connectivity index (χ2n) is 4.96. The van der Waals surface area contributed by atoms with Gasteiger partial charge in [-0.3, -0.25) is 4.79 Å². The Morgan fingerprint density at radius 1 is 1.12 bits per heavy atom. The highest BCUT2D eigenvalue weighted by atomic mass is 32.2. The summed E-state index contributed by atoms with van der Waals surface area (Å²) in [6.45, 7) is 4.12. The molecule has 26 heavy (non-hydrogen) atoms. The van der Waals surface area contributed by atoms with Gasteiger partial charge in [0.15, 0.2) is 0 Å². The van der Waals surface area contributed by atoms with Crippen LogP contribution in [-0.2, 0) is 9.53 Å². The van der Waals surface area contributed by atoms with E-state index in [1.165, 1.54) is 0 Å². The van der Waals surface area contributed by atoms with Gasteiger partial charge in [0, 0.05) is 5.56 Å². The highest BCUT2D eigenvalue weighted by Crippen LogP contribution is 2.37. The quantitative estimate of drug-likeness (QED) is 0.545. The first-order valence-corrected chi connectivity index (χ1v) is 8.99. The maximum absolute atomic E-state index is 11.7. The minimum atomic E-state index is -0.397. The summed E-state index contributed by atoms with van der Waals surface area (Å²) in [5.41, 5.74) is 1.61. The lowest BCUT2D eigenvalue weighted by atomic mass is 9.97. The number of ether oxygens (including phenoxy) is 2. The van der Waals surface area contributed by atoms with Crippen LogP contribution in [0.5, 0.6) is 5.88 Å². The molecule has 0 aliphatic carbocycles. The Bertz CT molecular complexity index is 870. The van der Waals surface area contributed by atoms with Crippen molar-refractivity contribution in [3.63, 3.8) is 0 Å². The molecule has 0 amide bonds. The summed E-state index contributed by atoms with van der Waals surface area (Å²) in [6.07, 6.45) is 0. The molecule has 0 aliphatic rings. The summed E-state index contributed by atoms with van der Waals surface area (Å²) in [5.74, 6) is -0.229. The van der Waals surface area contributed by atoms with E-state index < -0.39 is 5.97 Å². The highest BCUT2D eigenvalue weighted by Gasteiger charge is 2.23. The number of hydrogen-bond acceptors (Lipinski definition) is 7. The average Bonchev–Trinajstić information content (AvgIpc) is 2.66. The van der Waals surface area contributed by atoms with Crippen molar-refractivity contribution in [2.75, 3.05) is 19.0 Å². The Balaban J connectivity index is 2.62. The van der Waals surface area contributed by atoms with Crippen molar-refractivity contribution in [1.29, 1.82) is 10.5 Å². The molecule has 2 rings (SSSR count). The van der Waals surface area contributed by atoms with Crippen LogP contribution in [-0.4, -0.2) is 29.9 Å². The third-order valence-corrected chi connectivity index (χ3v) is 4.28. The van der Waals surface area contributed by atoms with Crippen molar-refractivity contribution in [1.82, 2.24) is 4.98 Å². The molecule has 2 aromatic rings. The topological polar surface area (TPSA) is 96.0 Å². The fraction of sp³-hybridized carbons (Fsp3) is 0.263. The summed E-state index contributed by atoms with van der Waals surface area (Å²) in [7, 11) is 0. The van der Waals surface area contributed by atoms with Gasteiger partial charge in [-0.2, -0.15) is 10.5 Å². The molecule has 7 heteroatoms. The molecule has 0 saturated heterocycles. The van der Waals surface area contributed by atoms with Gasteiger partial charge in [0.05, 0.1) is 24.5 Å². The van der Waals surface area contributed by atoms with E-state index >= 15 is 0 Å². The minimum Gasteiger partial charge on any atom is -0.477 e. The second-order valence-corrected chi connectivity index (χ2v) is 5.93. The highest BCUT2D eigenvalue weighted by molar-refractivity contribution is 7.99. The average molecular weight is 367 g/mol. The first-order chi connectivity index (χ1) is 12.7. The lowest BCUT2D eigenvalue weighted by molar-refractivity contribution is -0.139. The van der Waals surface area contributed by atoms with Crippen molar-refractivity contribution in [3.05, 3.63) is 41.5 Å². The van der Waals surface area contributed by atoms with Gasteiger partial charge in [0.2, 0.25) is 5.88 Å². The number of nitrogens with zero attached hydrogens (tertiary/aromatic N) is 3. The minimum absolute atomic E-state index is 0.0151. The predicted octanol–water partition coefficient (Wildman–Crippen LogP) is 3.55. The van der Waals surface area contributed by atoms with Crippen molar-refractivity contribution in [2.24, 2.45) is 0 Å². The van der Waals surface area contributed by atoms with Crippen LogP contribution in [0.2, 0.25) is 0 Å². The molecule has 132 valence electrons. The Labute approximate surface area is 156 Å². The summed E-state index contributed by atoms with van der Waals surface area (Å²) in [5, 5.41) is 19.7. The van der Waals surface area contributed by atoms with Crippen LogP contribution in [0.3, 0.4) is 0 Å². The molecule has 0 saturated carbocycles. The summed E-state index contributed by atoms with van der Waals surface area (Å²) in [6, 6.07) is 13.3. The molecule has 0 atom stereocenters. The van der Waals surface area contributed by atoms with Crippen molar-refractivity contribution in [3.8, 4) is 29.1 Å². The molecule has 0 aliphatic heterocycles. The zero-order valence-corrected chi connectivity index (χ0v) is 15.3. The van der Waals surface area contributed by atoms with Gasteiger partial charge in [0.25, 0.3) is 0 Å². The maximum Gasteiger partial charge on any atom is 0.316 e. The van der Waals surface area contributed by atoms with Gasteiger partial charge in [-0.05, 0) is 19.4 Å². The SMILES string of the molecule is CCOC(=O)CSc1nc(OCC)c(C#N)c(-c2ccccc2)c1C#N. The lowest BCUT2D eigenvalue weighted by Crippen LogP contribution is -2.08. The third kappa shape index (κ3) is 4.33. The first-order valence-electron chi connectivity index (χ1n) is 8.01. The van der Waals surface area contributed by atoms with E-state index in [9.17, 15) is 15.3 Å². The normalized spacial score (nSPS) is 9.85. The number of hydrogen-bond donors (Lipinski definition) is 0. The number of rotatable bonds is 7. The number of nitriles is 2. The summed E-state index contributed by atoms with van der Waals surface area (Å²) in [4.78, 5) is 16.0. The molecule has 1 heterocycles. The molecule has 1 aromatic carbocycles. The van der Waals surface area contributed by atoms with Crippen LogP contribution in [0, 0.1) is 22.7 Å². The van der Waals surface area contributed by atoms with E-state index in [-0.39, 0.29) is 29.4 Å². The van der Waals surface area contributed by atoms with Gasteiger partial charge in [-0.1, -0.05) is 42.1 Å².